The third-order valence-corrected chi connectivity index (χ3v) is 4.54. The SMILES string of the molecule is CC(C)(C)C(NC(=O)C1CCC(N)C1)c1cccc(C(F)(F)F)c1. The first-order chi connectivity index (χ1) is 11.0. The summed E-state index contributed by atoms with van der Waals surface area (Å²) in [7, 11) is 0. The van der Waals surface area contributed by atoms with Gasteiger partial charge in [0.15, 0.2) is 0 Å². The Bertz CT molecular complexity index is 593. The smallest absolute Gasteiger partial charge is 0.349 e. The maximum atomic E-state index is 13.0. The first-order valence-electron chi connectivity index (χ1n) is 8.21. The average molecular weight is 342 g/mol. The predicted molar refractivity (Wildman–Crippen MR) is 87.1 cm³/mol. The predicted octanol–water partition coefficient (Wildman–Crippen LogP) is 4.04. The molecule has 6 heteroatoms. The van der Waals surface area contributed by atoms with Crippen molar-refractivity contribution in [3.63, 3.8) is 0 Å². The quantitative estimate of drug-likeness (QED) is 0.871. The van der Waals surface area contributed by atoms with Crippen molar-refractivity contribution in [2.45, 2.75) is 58.3 Å². The first-order valence-corrected chi connectivity index (χ1v) is 8.21. The van der Waals surface area contributed by atoms with Crippen molar-refractivity contribution in [1.82, 2.24) is 5.32 Å². The fourth-order valence-electron chi connectivity index (χ4n) is 3.21. The molecule has 1 aromatic carbocycles. The Labute approximate surface area is 140 Å². The van der Waals surface area contributed by atoms with Gasteiger partial charge in [-0.2, -0.15) is 13.2 Å². The van der Waals surface area contributed by atoms with Gasteiger partial charge >= 0.3 is 6.18 Å². The van der Waals surface area contributed by atoms with Crippen molar-refractivity contribution >= 4 is 5.91 Å². The van der Waals surface area contributed by atoms with Crippen LogP contribution in [0, 0.1) is 11.3 Å². The maximum absolute atomic E-state index is 13.0. The zero-order valence-electron chi connectivity index (χ0n) is 14.3. The Morgan fingerprint density at radius 2 is 1.92 bits per heavy atom. The van der Waals surface area contributed by atoms with E-state index in [0.717, 1.165) is 25.0 Å². The second-order valence-corrected chi connectivity index (χ2v) is 7.70. The second-order valence-electron chi connectivity index (χ2n) is 7.70. The van der Waals surface area contributed by atoms with E-state index >= 15 is 0 Å². The number of carbonyl (C=O) groups excluding carboxylic acids is 1. The van der Waals surface area contributed by atoms with Crippen LogP contribution in [-0.4, -0.2) is 11.9 Å². The molecule has 24 heavy (non-hydrogen) atoms. The number of hydrogen-bond acceptors (Lipinski definition) is 2. The van der Waals surface area contributed by atoms with E-state index in [1.807, 2.05) is 20.8 Å². The summed E-state index contributed by atoms with van der Waals surface area (Å²) in [6.45, 7) is 5.70. The lowest BCUT2D eigenvalue weighted by Gasteiger charge is -2.33. The number of alkyl halides is 3. The maximum Gasteiger partial charge on any atom is 0.416 e. The molecular formula is C18H25F3N2O. The van der Waals surface area contributed by atoms with E-state index in [2.05, 4.69) is 5.32 Å². The Morgan fingerprint density at radius 3 is 2.42 bits per heavy atom. The van der Waals surface area contributed by atoms with E-state index in [0.29, 0.717) is 12.0 Å². The number of hydrogen-bond donors (Lipinski definition) is 2. The topological polar surface area (TPSA) is 55.1 Å². The van der Waals surface area contributed by atoms with Gasteiger partial charge in [-0.15, -0.1) is 0 Å². The van der Waals surface area contributed by atoms with Gasteiger partial charge in [-0.3, -0.25) is 4.79 Å². The highest BCUT2D eigenvalue weighted by atomic mass is 19.4. The number of nitrogens with one attached hydrogen (secondary N) is 1. The molecule has 1 aliphatic rings. The minimum absolute atomic E-state index is 0.0300. The standard InChI is InChI=1S/C18H25F3N2O/c1-17(2,3)15(23-16(24)12-7-8-14(22)10-12)11-5-4-6-13(9-11)18(19,20)21/h4-6,9,12,14-15H,7-8,10,22H2,1-3H3,(H,23,24). The van der Waals surface area contributed by atoms with Crippen molar-refractivity contribution < 1.29 is 18.0 Å². The first kappa shape index (κ1) is 18.8. The monoisotopic (exact) mass is 342 g/mol. The zero-order valence-corrected chi connectivity index (χ0v) is 14.3. The van der Waals surface area contributed by atoms with Crippen molar-refractivity contribution in [2.75, 3.05) is 0 Å². The van der Waals surface area contributed by atoms with Gasteiger partial charge in [0.05, 0.1) is 11.6 Å². The van der Waals surface area contributed by atoms with Gasteiger partial charge in [-0.25, -0.2) is 0 Å². The summed E-state index contributed by atoms with van der Waals surface area (Å²) < 4.78 is 38.9. The van der Waals surface area contributed by atoms with Crippen molar-refractivity contribution in [3.8, 4) is 0 Å². The average Bonchev–Trinajstić information content (AvgIpc) is 2.89. The van der Waals surface area contributed by atoms with Crippen LogP contribution in [0.5, 0.6) is 0 Å². The van der Waals surface area contributed by atoms with Crippen LogP contribution in [0.1, 0.15) is 57.2 Å². The van der Waals surface area contributed by atoms with E-state index in [9.17, 15) is 18.0 Å². The number of benzene rings is 1. The molecule has 1 aliphatic carbocycles. The van der Waals surface area contributed by atoms with Crippen molar-refractivity contribution in [3.05, 3.63) is 35.4 Å². The van der Waals surface area contributed by atoms with E-state index in [4.69, 9.17) is 5.73 Å². The Morgan fingerprint density at radius 1 is 1.25 bits per heavy atom. The summed E-state index contributed by atoms with van der Waals surface area (Å²) in [5.41, 5.74) is 5.20. The normalized spacial score (nSPS) is 23.1. The highest BCUT2D eigenvalue weighted by Gasteiger charge is 2.35. The molecule has 134 valence electrons. The number of rotatable bonds is 3. The summed E-state index contributed by atoms with van der Waals surface area (Å²) in [5.74, 6) is -0.282. The van der Waals surface area contributed by atoms with Crippen LogP contribution >= 0.6 is 0 Å². The molecule has 1 saturated carbocycles. The second kappa shape index (κ2) is 6.75. The fourth-order valence-corrected chi connectivity index (χ4v) is 3.21. The van der Waals surface area contributed by atoms with E-state index in [1.165, 1.54) is 6.07 Å². The molecule has 1 amide bonds. The van der Waals surface area contributed by atoms with E-state index in [1.54, 1.807) is 6.07 Å². The molecule has 0 radical (unpaired) electrons. The Kier molecular flexibility index (Phi) is 5.28. The lowest BCUT2D eigenvalue weighted by Crippen LogP contribution is -2.39. The molecule has 3 N–H and O–H groups in total. The molecule has 3 atom stereocenters. The highest BCUT2D eigenvalue weighted by Crippen LogP contribution is 2.37. The molecule has 3 nitrogen and oxygen atoms in total. The van der Waals surface area contributed by atoms with Crippen LogP contribution in [0.25, 0.3) is 0 Å². The van der Waals surface area contributed by atoms with E-state index < -0.39 is 23.2 Å². The van der Waals surface area contributed by atoms with Crippen LogP contribution in [0.2, 0.25) is 0 Å². The van der Waals surface area contributed by atoms with Crippen LogP contribution in [0.15, 0.2) is 24.3 Å². The van der Waals surface area contributed by atoms with Gasteiger partial charge in [0.1, 0.15) is 0 Å². The minimum atomic E-state index is -4.40. The zero-order chi connectivity index (χ0) is 18.1. The van der Waals surface area contributed by atoms with Gasteiger partial charge in [-0.1, -0.05) is 32.9 Å². The molecule has 0 aliphatic heterocycles. The van der Waals surface area contributed by atoms with Gasteiger partial charge in [-0.05, 0) is 42.4 Å². The van der Waals surface area contributed by atoms with Crippen molar-refractivity contribution in [2.24, 2.45) is 17.1 Å². The molecule has 0 bridgehead atoms. The molecule has 0 aromatic heterocycles. The summed E-state index contributed by atoms with van der Waals surface area (Å²) >= 11 is 0. The molecule has 0 saturated heterocycles. The summed E-state index contributed by atoms with van der Waals surface area (Å²) in [6, 6.07) is 4.71. The van der Waals surface area contributed by atoms with Crippen molar-refractivity contribution in [1.29, 1.82) is 0 Å². The Balaban J connectivity index is 2.25. The number of halogens is 3. The van der Waals surface area contributed by atoms with Gasteiger partial charge in [0.2, 0.25) is 5.91 Å². The van der Waals surface area contributed by atoms with Crippen LogP contribution in [0.3, 0.4) is 0 Å². The third-order valence-electron chi connectivity index (χ3n) is 4.54. The number of carbonyl (C=O) groups is 1. The molecule has 3 unspecified atom stereocenters. The molecule has 2 rings (SSSR count). The largest absolute Gasteiger partial charge is 0.416 e. The van der Waals surface area contributed by atoms with Gasteiger partial charge < -0.3 is 11.1 Å². The molecule has 0 heterocycles. The number of amides is 1. The van der Waals surface area contributed by atoms with Crippen LogP contribution in [0.4, 0.5) is 13.2 Å². The van der Waals surface area contributed by atoms with Gasteiger partial charge in [0, 0.05) is 12.0 Å². The third kappa shape index (κ3) is 4.50. The van der Waals surface area contributed by atoms with Crippen LogP contribution in [-0.2, 0) is 11.0 Å². The summed E-state index contributed by atoms with van der Waals surface area (Å²) in [4.78, 5) is 12.5. The lowest BCUT2D eigenvalue weighted by molar-refractivity contribution is -0.137. The van der Waals surface area contributed by atoms with Gasteiger partial charge in [0.25, 0.3) is 0 Å². The molecular weight excluding hydrogens is 317 g/mol. The van der Waals surface area contributed by atoms with E-state index in [-0.39, 0.29) is 17.9 Å². The molecule has 1 aromatic rings. The highest BCUT2D eigenvalue weighted by molar-refractivity contribution is 5.79. The summed E-state index contributed by atoms with van der Waals surface area (Å²) in [6.07, 6.45) is -2.24. The molecule has 0 spiro atoms. The fraction of sp³-hybridized carbons (Fsp3) is 0.611. The summed E-state index contributed by atoms with van der Waals surface area (Å²) in [5, 5.41) is 2.95. The lowest BCUT2D eigenvalue weighted by atomic mass is 9.81. The Hall–Kier alpha value is -1.56. The molecule has 1 fully saturated rings. The van der Waals surface area contributed by atoms with Crippen LogP contribution < -0.4 is 11.1 Å². The minimum Gasteiger partial charge on any atom is -0.349 e. The number of nitrogens with two attached hydrogens (primary N) is 1.